The zero-order valence-corrected chi connectivity index (χ0v) is 14.1. The highest BCUT2D eigenvalue weighted by molar-refractivity contribution is 9.10. The normalized spacial score (nSPS) is 11.0. The maximum Gasteiger partial charge on any atom is 0.226 e. The zero-order valence-electron chi connectivity index (χ0n) is 11.7. The van der Waals surface area contributed by atoms with Gasteiger partial charge < -0.3 is 10.2 Å². The van der Waals surface area contributed by atoms with E-state index in [9.17, 15) is 0 Å². The fraction of sp³-hybridized carbons (Fsp3) is 0.308. The second-order valence-corrected chi connectivity index (χ2v) is 6.53. The van der Waals surface area contributed by atoms with Crippen molar-refractivity contribution in [2.24, 2.45) is 0 Å². The minimum Gasteiger partial charge on any atom is -0.354 e. The van der Waals surface area contributed by atoms with Gasteiger partial charge in [0.15, 0.2) is 5.65 Å². The molecule has 0 saturated carbocycles. The van der Waals surface area contributed by atoms with Gasteiger partial charge in [-0.1, -0.05) is 0 Å². The molecular formula is C13H15BrN6S. The topological polar surface area (TPSA) is 69.7 Å². The molecule has 3 aromatic heterocycles. The Bertz CT molecular complexity index is 752. The van der Waals surface area contributed by atoms with Gasteiger partial charge in [-0.25, -0.2) is 0 Å². The summed E-state index contributed by atoms with van der Waals surface area (Å²) in [6, 6.07) is 2.13. The maximum absolute atomic E-state index is 4.60. The second-order valence-electron chi connectivity index (χ2n) is 4.62. The summed E-state index contributed by atoms with van der Waals surface area (Å²) in [4.78, 5) is 12.4. The molecule has 110 valence electrons. The first-order chi connectivity index (χ1) is 10.2. The standard InChI is InChI=1S/C13H15BrN6S/c1-3-15-13-17-11-10(5-16-19-11)12(18-13)20(2)6-9-4-8(14)7-21-9/h4-5,7H,3,6H2,1-2H3,(H2,15,16,17,18,19). The fourth-order valence-corrected chi connectivity index (χ4v) is 3.60. The summed E-state index contributed by atoms with van der Waals surface area (Å²) in [7, 11) is 2.03. The molecule has 0 aliphatic heterocycles. The average molecular weight is 367 g/mol. The third-order valence-electron chi connectivity index (χ3n) is 3.00. The summed E-state index contributed by atoms with van der Waals surface area (Å²) in [5.41, 5.74) is 0.746. The van der Waals surface area contributed by atoms with E-state index in [1.165, 1.54) is 4.88 Å². The van der Waals surface area contributed by atoms with Crippen molar-refractivity contribution in [1.29, 1.82) is 0 Å². The molecule has 0 aliphatic rings. The smallest absolute Gasteiger partial charge is 0.226 e. The predicted octanol–water partition coefficient (Wildman–Crippen LogP) is 3.25. The minimum atomic E-state index is 0.614. The van der Waals surface area contributed by atoms with E-state index in [0.29, 0.717) is 5.95 Å². The van der Waals surface area contributed by atoms with Crippen LogP contribution in [0, 0.1) is 0 Å². The van der Waals surface area contributed by atoms with Crippen molar-refractivity contribution < 1.29 is 0 Å². The number of nitrogens with one attached hydrogen (secondary N) is 2. The Hall–Kier alpha value is -1.67. The highest BCUT2D eigenvalue weighted by atomic mass is 79.9. The number of aromatic amines is 1. The van der Waals surface area contributed by atoms with Crippen LogP contribution in [0.3, 0.4) is 0 Å². The van der Waals surface area contributed by atoms with E-state index in [1.807, 2.05) is 14.0 Å². The first kappa shape index (κ1) is 14.3. The molecule has 0 amide bonds. The van der Waals surface area contributed by atoms with E-state index in [2.05, 4.69) is 57.8 Å². The zero-order chi connectivity index (χ0) is 14.8. The van der Waals surface area contributed by atoms with Gasteiger partial charge in [-0.3, -0.25) is 5.10 Å². The Morgan fingerprint density at radius 1 is 1.43 bits per heavy atom. The molecule has 0 atom stereocenters. The third-order valence-corrected chi connectivity index (χ3v) is 4.68. The Morgan fingerprint density at radius 2 is 2.29 bits per heavy atom. The van der Waals surface area contributed by atoms with E-state index in [0.717, 1.165) is 34.4 Å². The van der Waals surface area contributed by atoms with Gasteiger partial charge in [0.2, 0.25) is 5.95 Å². The number of hydrogen-bond acceptors (Lipinski definition) is 6. The second kappa shape index (κ2) is 5.98. The number of nitrogens with zero attached hydrogens (tertiary/aromatic N) is 4. The van der Waals surface area contributed by atoms with Crippen LogP contribution in [0.1, 0.15) is 11.8 Å². The van der Waals surface area contributed by atoms with Crippen LogP contribution in [0.15, 0.2) is 22.1 Å². The molecule has 0 bridgehead atoms. The number of halogens is 1. The van der Waals surface area contributed by atoms with E-state index in [-0.39, 0.29) is 0 Å². The van der Waals surface area contributed by atoms with Crippen LogP contribution in [0.25, 0.3) is 11.0 Å². The van der Waals surface area contributed by atoms with E-state index >= 15 is 0 Å². The van der Waals surface area contributed by atoms with Crippen LogP contribution in [0.2, 0.25) is 0 Å². The number of thiophene rings is 1. The molecule has 21 heavy (non-hydrogen) atoms. The van der Waals surface area contributed by atoms with Crippen LogP contribution < -0.4 is 10.2 Å². The number of anilines is 2. The molecule has 6 nitrogen and oxygen atoms in total. The van der Waals surface area contributed by atoms with E-state index in [1.54, 1.807) is 17.5 Å². The summed E-state index contributed by atoms with van der Waals surface area (Å²) in [6.45, 7) is 3.59. The van der Waals surface area contributed by atoms with Crippen molar-refractivity contribution in [3.8, 4) is 0 Å². The highest BCUT2D eigenvalue weighted by Gasteiger charge is 2.14. The molecule has 0 aromatic carbocycles. The van der Waals surface area contributed by atoms with Crippen molar-refractivity contribution in [1.82, 2.24) is 20.2 Å². The molecule has 8 heteroatoms. The number of H-pyrrole nitrogens is 1. The summed E-state index contributed by atoms with van der Waals surface area (Å²) < 4.78 is 1.11. The minimum absolute atomic E-state index is 0.614. The van der Waals surface area contributed by atoms with Gasteiger partial charge in [0, 0.05) is 28.3 Å². The largest absolute Gasteiger partial charge is 0.354 e. The number of fused-ring (bicyclic) bond motifs is 1. The van der Waals surface area contributed by atoms with Crippen molar-refractivity contribution in [3.05, 3.63) is 27.0 Å². The molecule has 0 radical (unpaired) electrons. The molecule has 0 saturated heterocycles. The predicted molar refractivity (Wildman–Crippen MR) is 90.0 cm³/mol. The number of rotatable bonds is 5. The van der Waals surface area contributed by atoms with Crippen LogP contribution in [0.4, 0.5) is 11.8 Å². The monoisotopic (exact) mass is 366 g/mol. The Kier molecular flexibility index (Phi) is 4.07. The molecule has 2 N–H and O–H groups in total. The van der Waals surface area contributed by atoms with Crippen LogP contribution in [0.5, 0.6) is 0 Å². The first-order valence-electron chi connectivity index (χ1n) is 6.56. The lowest BCUT2D eigenvalue weighted by atomic mass is 10.3. The molecule has 0 spiro atoms. The molecule has 3 rings (SSSR count). The Balaban J connectivity index is 1.95. The highest BCUT2D eigenvalue weighted by Crippen LogP contribution is 2.26. The molecule has 3 heterocycles. The quantitative estimate of drug-likeness (QED) is 0.725. The summed E-state index contributed by atoms with van der Waals surface area (Å²) in [5, 5.41) is 13.1. The lowest BCUT2D eigenvalue weighted by Crippen LogP contribution is -2.18. The van der Waals surface area contributed by atoms with Gasteiger partial charge in [0.05, 0.1) is 18.1 Å². The van der Waals surface area contributed by atoms with E-state index < -0.39 is 0 Å². The lowest BCUT2D eigenvalue weighted by Gasteiger charge is -2.18. The summed E-state index contributed by atoms with van der Waals surface area (Å²) in [6.07, 6.45) is 1.77. The fourth-order valence-electron chi connectivity index (χ4n) is 2.09. The van der Waals surface area contributed by atoms with Crippen molar-refractivity contribution in [2.75, 3.05) is 23.8 Å². The SMILES string of the molecule is CCNc1nc(N(C)Cc2cc(Br)cs2)c2cn[nH]c2n1. The van der Waals surface area contributed by atoms with Crippen LogP contribution in [-0.2, 0) is 6.54 Å². The van der Waals surface area contributed by atoms with Crippen molar-refractivity contribution in [2.45, 2.75) is 13.5 Å². The van der Waals surface area contributed by atoms with Crippen LogP contribution in [-0.4, -0.2) is 33.8 Å². The Labute approximate surface area is 134 Å². The maximum atomic E-state index is 4.60. The Morgan fingerprint density at radius 3 is 3.00 bits per heavy atom. The molecular weight excluding hydrogens is 352 g/mol. The van der Waals surface area contributed by atoms with Crippen molar-refractivity contribution >= 4 is 50.1 Å². The third kappa shape index (κ3) is 3.01. The van der Waals surface area contributed by atoms with Gasteiger partial charge in [0.25, 0.3) is 0 Å². The number of aromatic nitrogens is 4. The van der Waals surface area contributed by atoms with Gasteiger partial charge >= 0.3 is 0 Å². The van der Waals surface area contributed by atoms with Gasteiger partial charge in [-0.15, -0.1) is 11.3 Å². The molecule has 0 unspecified atom stereocenters. The molecule has 0 fully saturated rings. The van der Waals surface area contributed by atoms with Crippen molar-refractivity contribution in [3.63, 3.8) is 0 Å². The first-order valence-corrected chi connectivity index (χ1v) is 8.23. The lowest BCUT2D eigenvalue weighted by molar-refractivity contribution is 0.913. The summed E-state index contributed by atoms with van der Waals surface area (Å²) in [5.74, 6) is 1.48. The van der Waals surface area contributed by atoms with Crippen LogP contribution >= 0.6 is 27.3 Å². The van der Waals surface area contributed by atoms with E-state index in [4.69, 9.17) is 0 Å². The average Bonchev–Trinajstić information content (AvgIpc) is 3.07. The molecule has 0 aliphatic carbocycles. The molecule has 3 aromatic rings. The number of hydrogen-bond donors (Lipinski definition) is 2. The summed E-state index contributed by atoms with van der Waals surface area (Å²) >= 11 is 5.21. The van der Waals surface area contributed by atoms with Gasteiger partial charge in [-0.05, 0) is 28.9 Å². The van der Waals surface area contributed by atoms with Gasteiger partial charge in [0.1, 0.15) is 5.82 Å². The van der Waals surface area contributed by atoms with Gasteiger partial charge in [-0.2, -0.15) is 15.1 Å².